The fraction of sp³-hybridized carbons (Fsp3) is 0.500. The first-order chi connectivity index (χ1) is 15.1. The third-order valence-electron chi connectivity index (χ3n) is 6.66. The van der Waals surface area contributed by atoms with E-state index >= 15 is 0 Å². The van der Waals surface area contributed by atoms with Crippen molar-refractivity contribution in [2.75, 3.05) is 19.8 Å². The molecular formula is C24H29ClO7. The highest BCUT2D eigenvalue weighted by Gasteiger charge is 2.67. The lowest BCUT2D eigenvalue weighted by atomic mass is 9.76. The predicted octanol–water partition coefficient (Wildman–Crippen LogP) is 2.09. The predicted molar refractivity (Wildman–Crippen MR) is 118 cm³/mol. The molecule has 2 bridgehead atoms. The molecule has 5 atom stereocenters. The van der Waals surface area contributed by atoms with Crippen molar-refractivity contribution in [3.05, 3.63) is 64.2 Å². The second-order valence-corrected chi connectivity index (χ2v) is 9.35. The van der Waals surface area contributed by atoms with E-state index in [1.807, 2.05) is 45.0 Å². The van der Waals surface area contributed by atoms with Crippen LogP contribution in [0.15, 0.2) is 42.5 Å². The molecule has 2 aromatic rings. The van der Waals surface area contributed by atoms with Crippen LogP contribution in [-0.4, -0.2) is 64.2 Å². The Bertz CT molecular complexity index is 979. The number of aliphatic hydroxyl groups excluding tert-OH is 4. The number of hydrogen-bond acceptors (Lipinski definition) is 7. The van der Waals surface area contributed by atoms with E-state index in [1.54, 1.807) is 18.2 Å². The molecule has 8 heteroatoms. The number of ether oxygens (including phenoxy) is 3. The minimum atomic E-state index is -1.74. The molecule has 174 valence electrons. The van der Waals surface area contributed by atoms with Crippen molar-refractivity contribution >= 4 is 11.6 Å². The van der Waals surface area contributed by atoms with E-state index in [0.29, 0.717) is 17.2 Å². The normalized spacial score (nSPS) is 32.2. The average Bonchev–Trinajstić information content (AvgIpc) is 3.17. The Kier molecular flexibility index (Phi) is 6.05. The number of halogens is 1. The summed E-state index contributed by atoms with van der Waals surface area (Å²) in [7, 11) is 0. The quantitative estimate of drug-likeness (QED) is 0.518. The lowest BCUT2D eigenvalue weighted by molar-refractivity contribution is -0.329. The van der Waals surface area contributed by atoms with Crippen LogP contribution in [0.4, 0.5) is 0 Å². The zero-order valence-electron chi connectivity index (χ0n) is 18.3. The van der Waals surface area contributed by atoms with Crippen LogP contribution < -0.4 is 4.74 Å². The lowest BCUT2D eigenvalue weighted by Crippen LogP contribution is -2.65. The molecule has 2 aliphatic heterocycles. The zero-order chi connectivity index (χ0) is 23.3. The van der Waals surface area contributed by atoms with Crippen LogP contribution in [0.3, 0.4) is 0 Å². The van der Waals surface area contributed by atoms with Crippen molar-refractivity contribution in [2.24, 2.45) is 0 Å². The van der Waals surface area contributed by atoms with Crippen molar-refractivity contribution in [3.63, 3.8) is 0 Å². The monoisotopic (exact) mass is 464 g/mol. The van der Waals surface area contributed by atoms with Gasteiger partial charge >= 0.3 is 0 Å². The zero-order valence-corrected chi connectivity index (χ0v) is 19.0. The van der Waals surface area contributed by atoms with E-state index in [1.165, 1.54) is 0 Å². The van der Waals surface area contributed by atoms with Crippen LogP contribution >= 0.6 is 11.6 Å². The number of aliphatic hydroxyl groups is 4. The summed E-state index contributed by atoms with van der Waals surface area (Å²) in [5.41, 5.74) is 0.138. The maximum atomic E-state index is 10.8. The van der Waals surface area contributed by atoms with Crippen LogP contribution in [0.1, 0.15) is 37.5 Å². The molecule has 0 aliphatic carbocycles. The molecule has 0 spiro atoms. The Labute approximate surface area is 192 Å². The third kappa shape index (κ3) is 3.44. The van der Waals surface area contributed by atoms with E-state index in [4.69, 9.17) is 25.8 Å². The summed E-state index contributed by atoms with van der Waals surface area (Å²) >= 11 is 6.59. The summed E-state index contributed by atoms with van der Waals surface area (Å²) in [5, 5.41) is 42.0. The van der Waals surface area contributed by atoms with Gasteiger partial charge in [-0.3, -0.25) is 0 Å². The van der Waals surface area contributed by atoms with Crippen LogP contribution in [0.25, 0.3) is 0 Å². The fourth-order valence-corrected chi connectivity index (χ4v) is 4.94. The van der Waals surface area contributed by atoms with Gasteiger partial charge in [0.15, 0.2) is 0 Å². The van der Waals surface area contributed by atoms with Crippen LogP contribution in [0, 0.1) is 0 Å². The van der Waals surface area contributed by atoms with Crippen molar-refractivity contribution in [1.29, 1.82) is 0 Å². The maximum Gasteiger partial charge on any atom is 0.225 e. The molecule has 4 rings (SSSR count). The Morgan fingerprint density at radius 3 is 2.41 bits per heavy atom. The Morgan fingerprint density at radius 2 is 1.78 bits per heavy atom. The van der Waals surface area contributed by atoms with Gasteiger partial charge in [-0.05, 0) is 42.3 Å². The van der Waals surface area contributed by atoms with Gasteiger partial charge in [0, 0.05) is 16.0 Å². The van der Waals surface area contributed by atoms with Crippen molar-refractivity contribution in [2.45, 2.75) is 55.9 Å². The summed E-state index contributed by atoms with van der Waals surface area (Å²) in [6, 6.07) is 12.9. The van der Waals surface area contributed by atoms with Gasteiger partial charge in [0.25, 0.3) is 0 Å². The molecule has 32 heavy (non-hydrogen) atoms. The van der Waals surface area contributed by atoms with E-state index in [0.717, 1.165) is 16.9 Å². The van der Waals surface area contributed by atoms with Crippen molar-refractivity contribution in [3.8, 4) is 5.75 Å². The molecule has 2 aliphatic rings. The number of benzene rings is 2. The standard InChI is InChI=1S/C24H29ClO7/c1-4-30-16-8-5-14(6-9-16)22(2,3)17-11-15(7-10-18(17)25)24-21(29)19(27)20(28)23(12-26,32-24)13-31-24/h5-11,19-21,26-29H,4,12-13H2,1-3H3/t19-,20-,21+,23-,24-/m0/s1. The summed E-state index contributed by atoms with van der Waals surface area (Å²) in [6.07, 6.45) is -4.62. The molecule has 2 saturated heterocycles. The van der Waals surface area contributed by atoms with Gasteiger partial charge in [-0.15, -0.1) is 0 Å². The maximum absolute atomic E-state index is 10.8. The fourth-order valence-electron chi connectivity index (χ4n) is 4.59. The topological polar surface area (TPSA) is 109 Å². The first-order valence-electron chi connectivity index (χ1n) is 10.6. The third-order valence-corrected chi connectivity index (χ3v) is 6.99. The SMILES string of the molecule is CCOc1ccc(C(C)(C)c2cc([C@]34OC[C@](CO)(O3)[C@@H](O)[C@H](O)[C@H]4O)ccc2Cl)cc1. The smallest absolute Gasteiger partial charge is 0.225 e. The van der Waals surface area contributed by atoms with Crippen molar-refractivity contribution in [1.82, 2.24) is 0 Å². The minimum absolute atomic E-state index is 0.182. The summed E-state index contributed by atoms with van der Waals surface area (Å²) in [6.45, 7) is 5.80. The lowest BCUT2D eigenvalue weighted by Gasteiger charge is -2.46. The van der Waals surface area contributed by atoms with Gasteiger partial charge < -0.3 is 34.6 Å². The summed E-state index contributed by atoms with van der Waals surface area (Å²) in [4.78, 5) is 0. The van der Waals surface area contributed by atoms with Gasteiger partial charge in [0.05, 0.1) is 19.8 Å². The second kappa shape index (κ2) is 8.25. The molecule has 2 aromatic carbocycles. The van der Waals surface area contributed by atoms with Crippen LogP contribution in [-0.2, 0) is 20.7 Å². The number of fused-ring (bicyclic) bond motifs is 2. The summed E-state index contributed by atoms with van der Waals surface area (Å²) in [5.74, 6) is -0.966. The molecule has 0 aromatic heterocycles. The van der Waals surface area contributed by atoms with Crippen LogP contribution in [0.2, 0.25) is 5.02 Å². The van der Waals surface area contributed by atoms with E-state index < -0.39 is 41.7 Å². The van der Waals surface area contributed by atoms with E-state index in [2.05, 4.69) is 0 Å². The molecule has 2 fully saturated rings. The van der Waals surface area contributed by atoms with Crippen LogP contribution in [0.5, 0.6) is 5.75 Å². The van der Waals surface area contributed by atoms with Gasteiger partial charge in [-0.2, -0.15) is 0 Å². The number of rotatable bonds is 6. The molecule has 0 unspecified atom stereocenters. The minimum Gasteiger partial charge on any atom is -0.494 e. The van der Waals surface area contributed by atoms with Gasteiger partial charge in [-0.1, -0.05) is 43.6 Å². The molecule has 4 N–H and O–H groups in total. The molecular weight excluding hydrogens is 436 g/mol. The first-order valence-corrected chi connectivity index (χ1v) is 11.0. The van der Waals surface area contributed by atoms with E-state index in [-0.39, 0.29) is 6.61 Å². The first kappa shape index (κ1) is 23.4. The van der Waals surface area contributed by atoms with Crippen molar-refractivity contribution < 1.29 is 34.6 Å². The molecule has 0 saturated carbocycles. The molecule has 0 radical (unpaired) electrons. The van der Waals surface area contributed by atoms with E-state index in [9.17, 15) is 20.4 Å². The van der Waals surface area contributed by atoms with Gasteiger partial charge in [0.2, 0.25) is 5.79 Å². The molecule has 7 nitrogen and oxygen atoms in total. The second-order valence-electron chi connectivity index (χ2n) is 8.94. The average molecular weight is 465 g/mol. The Hall–Kier alpha value is -1.71. The van der Waals surface area contributed by atoms with Gasteiger partial charge in [-0.25, -0.2) is 0 Å². The highest BCUT2D eigenvalue weighted by atomic mass is 35.5. The molecule has 0 amide bonds. The summed E-state index contributed by atoms with van der Waals surface area (Å²) < 4.78 is 17.3. The highest BCUT2D eigenvalue weighted by Crippen LogP contribution is 2.50. The Morgan fingerprint density at radius 1 is 1.09 bits per heavy atom. The highest BCUT2D eigenvalue weighted by molar-refractivity contribution is 6.31. The number of hydrogen-bond donors (Lipinski definition) is 4. The molecule has 2 heterocycles. The largest absolute Gasteiger partial charge is 0.494 e. The van der Waals surface area contributed by atoms with Gasteiger partial charge in [0.1, 0.15) is 29.7 Å². The Balaban J connectivity index is 1.76.